The van der Waals surface area contributed by atoms with E-state index in [1.807, 2.05) is 0 Å². The number of hydrogen-bond donors (Lipinski definition) is 3. The van der Waals surface area contributed by atoms with Crippen LogP contribution in [0.2, 0.25) is 0 Å². The molecule has 8 heteroatoms. The molecule has 0 amide bonds. The molecule has 0 aromatic heterocycles. The maximum Gasteiger partial charge on any atom is 0.512 e. The van der Waals surface area contributed by atoms with Crippen molar-refractivity contribution in [2.75, 3.05) is 6.16 Å². The number of hydrogen-bond acceptors (Lipinski definition) is 4. The average Bonchev–Trinajstić information content (AvgIpc) is 1.53. The third-order valence-corrected chi connectivity index (χ3v) is 1.67. The van der Waals surface area contributed by atoms with E-state index in [0.29, 0.717) is 0 Å². The Kier molecular flexibility index (Phi) is 3.03. The van der Waals surface area contributed by atoms with Crippen LogP contribution in [0.4, 0.5) is 4.79 Å². The summed E-state index contributed by atoms with van der Waals surface area (Å²) in [7, 11) is -4.50. The molecule has 0 aliphatic carbocycles. The second kappa shape index (κ2) is 3.36. The number of carboxylic acids is 1. The molecule has 64 valence electrons. The molecule has 0 rings (SSSR count). The van der Waals surface area contributed by atoms with E-state index in [0.717, 1.165) is 0 Å². The van der Waals surface area contributed by atoms with Gasteiger partial charge in [0.25, 0.3) is 0 Å². The summed E-state index contributed by atoms with van der Waals surface area (Å²) in [5.74, 6) is -1.60. The lowest BCUT2D eigenvalue weighted by Crippen LogP contribution is -2.08. The number of carbonyl (C=O) groups is 2. The van der Waals surface area contributed by atoms with Gasteiger partial charge in [-0.25, -0.2) is 9.36 Å². The van der Waals surface area contributed by atoms with Crippen molar-refractivity contribution in [2.45, 2.75) is 0 Å². The van der Waals surface area contributed by atoms with Gasteiger partial charge in [0.1, 0.15) is 0 Å². The SMILES string of the molecule is O=C(O)CP(=O)(O)OC(=O)O. The summed E-state index contributed by atoms with van der Waals surface area (Å²) < 4.78 is 13.8. The maximum absolute atomic E-state index is 10.4. The van der Waals surface area contributed by atoms with E-state index < -0.39 is 25.9 Å². The molecule has 0 aromatic rings. The minimum absolute atomic E-state index is 1.22. The van der Waals surface area contributed by atoms with Crippen molar-refractivity contribution in [2.24, 2.45) is 0 Å². The van der Waals surface area contributed by atoms with Gasteiger partial charge in [0.15, 0.2) is 6.16 Å². The van der Waals surface area contributed by atoms with Crippen molar-refractivity contribution >= 4 is 19.7 Å². The van der Waals surface area contributed by atoms with E-state index in [1.54, 1.807) is 0 Å². The van der Waals surface area contributed by atoms with Gasteiger partial charge in [-0.2, -0.15) is 0 Å². The van der Waals surface area contributed by atoms with Crippen LogP contribution < -0.4 is 0 Å². The molecule has 3 N–H and O–H groups in total. The number of aliphatic carboxylic acids is 1. The first-order chi connectivity index (χ1) is 4.83. The van der Waals surface area contributed by atoms with Crippen molar-refractivity contribution in [1.29, 1.82) is 0 Å². The summed E-state index contributed by atoms with van der Waals surface area (Å²) in [6.07, 6.45) is -3.20. The molecular weight excluding hydrogens is 179 g/mol. The predicted octanol–water partition coefficient (Wildman–Crippen LogP) is -0.0490. The van der Waals surface area contributed by atoms with Crippen LogP contribution in [0.15, 0.2) is 0 Å². The average molecular weight is 184 g/mol. The van der Waals surface area contributed by atoms with Gasteiger partial charge in [0.05, 0.1) is 0 Å². The van der Waals surface area contributed by atoms with Gasteiger partial charge in [0, 0.05) is 0 Å². The van der Waals surface area contributed by atoms with Gasteiger partial charge in [-0.05, 0) is 0 Å². The summed E-state index contributed by atoms with van der Waals surface area (Å²) in [5.41, 5.74) is 0. The topological polar surface area (TPSA) is 121 Å². The van der Waals surface area contributed by atoms with Crippen LogP contribution in [0.1, 0.15) is 0 Å². The smallest absolute Gasteiger partial charge is 0.481 e. The van der Waals surface area contributed by atoms with Crippen molar-refractivity contribution in [3.8, 4) is 0 Å². The zero-order valence-corrected chi connectivity index (χ0v) is 6.02. The zero-order chi connectivity index (χ0) is 9.07. The van der Waals surface area contributed by atoms with Gasteiger partial charge in [-0.1, -0.05) is 0 Å². The van der Waals surface area contributed by atoms with E-state index in [1.165, 1.54) is 0 Å². The normalized spacial score (nSPS) is 15.0. The number of carboxylic acid groups (broad SMARTS) is 2. The molecule has 0 bridgehead atoms. The Hall–Kier alpha value is -1.07. The predicted molar refractivity (Wildman–Crippen MR) is 31.4 cm³/mol. The lowest BCUT2D eigenvalue weighted by atomic mass is 10.8. The fourth-order valence-corrected chi connectivity index (χ4v) is 0.976. The zero-order valence-electron chi connectivity index (χ0n) is 5.13. The Bertz CT molecular complexity index is 200. The molecule has 7 nitrogen and oxygen atoms in total. The second-order valence-corrected chi connectivity index (χ2v) is 3.32. The van der Waals surface area contributed by atoms with Crippen molar-refractivity contribution in [3.63, 3.8) is 0 Å². The van der Waals surface area contributed by atoms with Crippen molar-refractivity contribution in [1.82, 2.24) is 0 Å². The molecule has 1 unspecified atom stereocenters. The highest BCUT2D eigenvalue weighted by Gasteiger charge is 2.27. The van der Waals surface area contributed by atoms with Crippen LogP contribution in [0.5, 0.6) is 0 Å². The minimum Gasteiger partial charge on any atom is -0.481 e. The third kappa shape index (κ3) is 5.38. The Labute approximate surface area is 60.8 Å². The van der Waals surface area contributed by atoms with Crippen LogP contribution in [0.25, 0.3) is 0 Å². The van der Waals surface area contributed by atoms with Crippen LogP contribution in [0, 0.1) is 0 Å². The molecule has 0 saturated carbocycles. The summed E-state index contributed by atoms with van der Waals surface area (Å²) >= 11 is 0. The van der Waals surface area contributed by atoms with Crippen molar-refractivity contribution < 1.29 is 33.8 Å². The van der Waals surface area contributed by atoms with E-state index in [2.05, 4.69) is 4.52 Å². The molecule has 0 aliphatic rings. The first-order valence-electron chi connectivity index (χ1n) is 2.29. The highest BCUT2D eigenvalue weighted by molar-refractivity contribution is 7.54. The fourth-order valence-electron chi connectivity index (χ4n) is 0.325. The molecule has 0 spiro atoms. The Morgan fingerprint density at radius 3 is 2.09 bits per heavy atom. The maximum atomic E-state index is 10.4. The third-order valence-electron chi connectivity index (χ3n) is 0.556. The molecular formula is C3H5O7P. The largest absolute Gasteiger partial charge is 0.512 e. The van der Waals surface area contributed by atoms with Gasteiger partial charge in [-0.15, -0.1) is 0 Å². The van der Waals surface area contributed by atoms with Gasteiger partial charge in [0.2, 0.25) is 0 Å². The second-order valence-electron chi connectivity index (χ2n) is 1.55. The Morgan fingerprint density at radius 1 is 1.36 bits per heavy atom. The van der Waals surface area contributed by atoms with E-state index >= 15 is 0 Å². The van der Waals surface area contributed by atoms with Gasteiger partial charge >= 0.3 is 19.7 Å². The van der Waals surface area contributed by atoms with Crippen LogP contribution >= 0.6 is 7.60 Å². The highest BCUT2D eigenvalue weighted by atomic mass is 31.2. The lowest BCUT2D eigenvalue weighted by Gasteiger charge is -2.04. The molecule has 0 heterocycles. The van der Waals surface area contributed by atoms with Crippen LogP contribution in [-0.2, 0) is 13.9 Å². The van der Waals surface area contributed by atoms with Gasteiger partial charge < -0.3 is 19.6 Å². The quantitative estimate of drug-likeness (QED) is 0.525. The highest BCUT2D eigenvalue weighted by Crippen LogP contribution is 2.41. The summed E-state index contributed by atoms with van der Waals surface area (Å²) in [4.78, 5) is 27.9. The molecule has 0 aromatic carbocycles. The monoisotopic (exact) mass is 184 g/mol. The fraction of sp³-hybridized carbons (Fsp3) is 0.333. The first kappa shape index (κ1) is 9.93. The summed E-state index contributed by atoms with van der Waals surface area (Å²) in [6, 6.07) is 0. The van der Waals surface area contributed by atoms with E-state index in [4.69, 9.17) is 15.1 Å². The standard InChI is InChI=1S/C3H5O7P/c4-2(5)1-11(8,9)10-3(6)7/h1H2,(H,4,5)(H,6,7)(H,8,9). The molecule has 11 heavy (non-hydrogen) atoms. The van der Waals surface area contributed by atoms with E-state index in [-0.39, 0.29) is 0 Å². The Balaban J connectivity index is 4.12. The molecule has 0 radical (unpaired) electrons. The van der Waals surface area contributed by atoms with Crippen LogP contribution in [0.3, 0.4) is 0 Å². The molecule has 0 fully saturated rings. The lowest BCUT2D eigenvalue weighted by molar-refractivity contribution is -0.134. The summed E-state index contributed by atoms with van der Waals surface area (Å²) in [6.45, 7) is 0. The first-order valence-corrected chi connectivity index (χ1v) is 4.06. The number of rotatable bonds is 3. The van der Waals surface area contributed by atoms with Crippen molar-refractivity contribution in [3.05, 3.63) is 0 Å². The molecule has 1 atom stereocenters. The van der Waals surface area contributed by atoms with E-state index in [9.17, 15) is 14.2 Å². The van der Waals surface area contributed by atoms with Crippen LogP contribution in [-0.4, -0.2) is 33.4 Å². The minimum atomic E-state index is -4.50. The van der Waals surface area contributed by atoms with Gasteiger partial charge in [-0.3, -0.25) is 4.79 Å². The Morgan fingerprint density at radius 2 is 1.82 bits per heavy atom. The molecule has 0 aliphatic heterocycles. The summed E-state index contributed by atoms with van der Waals surface area (Å²) in [5, 5.41) is 15.8. The molecule has 0 saturated heterocycles.